The molecule has 0 saturated carbocycles. The van der Waals surface area contributed by atoms with E-state index in [-0.39, 0.29) is 5.69 Å². The normalized spacial score (nSPS) is 11.6. The number of benzene rings is 1. The molecular formula is C15H19N3O3. The third-order valence-electron chi connectivity index (χ3n) is 3.94. The topological polar surface area (TPSA) is 84.2 Å². The Bertz CT molecular complexity index is 687. The molecule has 1 heterocycles. The second kappa shape index (κ2) is 5.55. The molecule has 0 saturated heterocycles. The summed E-state index contributed by atoms with van der Waals surface area (Å²) >= 11 is 0. The molecule has 1 aromatic heterocycles. The van der Waals surface area contributed by atoms with Crippen molar-refractivity contribution in [3.8, 4) is 0 Å². The van der Waals surface area contributed by atoms with Crippen molar-refractivity contribution in [2.24, 2.45) is 7.05 Å². The second-order valence-corrected chi connectivity index (χ2v) is 5.04. The SMILES string of the molecule is CCC(CC)(NC(=O)c1nn(C)c2ccccc12)C(=O)O. The molecule has 0 atom stereocenters. The summed E-state index contributed by atoms with van der Waals surface area (Å²) in [6, 6.07) is 7.36. The van der Waals surface area contributed by atoms with Crippen LogP contribution in [0.2, 0.25) is 0 Å². The van der Waals surface area contributed by atoms with Gasteiger partial charge in [0.15, 0.2) is 5.69 Å². The highest BCUT2D eigenvalue weighted by atomic mass is 16.4. The molecule has 0 unspecified atom stereocenters. The molecule has 2 N–H and O–H groups in total. The van der Waals surface area contributed by atoms with Crippen LogP contribution >= 0.6 is 0 Å². The molecule has 2 aromatic rings. The van der Waals surface area contributed by atoms with E-state index >= 15 is 0 Å². The first kappa shape index (κ1) is 15.0. The van der Waals surface area contributed by atoms with Crippen molar-refractivity contribution >= 4 is 22.8 Å². The van der Waals surface area contributed by atoms with Crippen molar-refractivity contribution in [2.45, 2.75) is 32.2 Å². The summed E-state index contributed by atoms with van der Waals surface area (Å²) < 4.78 is 1.62. The number of fused-ring (bicyclic) bond motifs is 1. The van der Waals surface area contributed by atoms with Crippen LogP contribution in [0.15, 0.2) is 24.3 Å². The molecule has 0 aliphatic heterocycles. The number of amides is 1. The lowest BCUT2D eigenvalue weighted by Crippen LogP contribution is -2.53. The first-order valence-electron chi connectivity index (χ1n) is 6.92. The third-order valence-corrected chi connectivity index (χ3v) is 3.94. The largest absolute Gasteiger partial charge is 0.480 e. The maximum atomic E-state index is 12.5. The molecular weight excluding hydrogens is 270 g/mol. The van der Waals surface area contributed by atoms with Crippen LogP contribution in [0.5, 0.6) is 0 Å². The van der Waals surface area contributed by atoms with Crippen LogP contribution in [0, 0.1) is 0 Å². The van der Waals surface area contributed by atoms with Crippen LogP contribution < -0.4 is 5.32 Å². The molecule has 0 spiro atoms. The first-order valence-corrected chi connectivity index (χ1v) is 6.92. The van der Waals surface area contributed by atoms with Gasteiger partial charge in [-0.3, -0.25) is 9.48 Å². The first-order chi connectivity index (χ1) is 9.95. The number of carbonyl (C=O) groups excluding carboxylic acids is 1. The van der Waals surface area contributed by atoms with Gasteiger partial charge in [-0.05, 0) is 18.9 Å². The minimum Gasteiger partial charge on any atom is -0.480 e. The Morgan fingerprint density at radius 2 is 1.90 bits per heavy atom. The van der Waals surface area contributed by atoms with Gasteiger partial charge in [0.1, 0.15) is 5.54 Å². The van der Waals surface area contributed by atoms with Gasteiger partial charge in [0.2, 0.25) is 0 Å². The van der Waals surface area contributed by atoms with E-state index in [1.165, 1.54) is 0 Å². The Morgan fingerprint density at radius 1 is 1.29 bits per heavy atom. The molecule has 1 aromatic carbocycles. The molecule has 0 radical (unpaired) electrons. The van der Waals surface area contributed by atoms with Gasteiger partial charge in [-0.25, -0.2) is 4.79 Å². The van der Waals surface area contributed by atoms with Gasteiger partial charge >= 0.3 is 5.97 Å². The maximum absolute atomic E-state index is 12.5. The molecule has 6 nitrogen and oxygen atoms in total. The summed E-state index contributed by atoms with van der Waals surface area (Å²) in [6.07, 6.45) is 0.630. The lowest BCUT2D eigenvalue weighted by molar-refractivity contribution is -0.144. The average Bonchev–Trinajstić information content (AvgIpc) is 2.82. The zero-order valence-corrected chi connectivity index (χ0v) is 12.4. The van der Waals surface area contributed by atoms with Crippen molar-refractivity contribution < 1.29 is 14.7 Å². The van der Waals surface area contributed by atoms with Crippen LogP contribution in [-0.2, 0) is 11.8 Å². The van der Waals surface area contributed by atoms with Crippen LogP contribution in [0.1, 0.15) is 37.2 Å². The van der Waals surface area contributed by atoms with E-state index in [1.54, 1.807) is 31.6 Å². The Kier molecular flexibility index (Phi) is 3.97. The van der Waals surface area contributed by atoms with Crippen molar-refractivity contribution in [3.05, 3.63) is 30.0 Å². The Balaban J connectivity index is 2.41. The van der Waals surface area contributed by atoms with Gasteiger partial charge in [-0.2, -0.15) is 5.10 Å². The number of hydrogen-bond acceptors (Lipinski definition) is 3. The molecule has 21 heavy (non-hydrogen) atoms. The number of aromatic nitrogens is 2. The number of carbonyl (C=O) groups is 2. The fraction of sp³-hybridized carbons (Fsp3) is 0.400. The van der Waals surface area contributed by atoms with Crippen LogP contribution in [0.3, 0.4) is 0 Å². The van der Waals surface area contributed by atoms with Crippen LogP contribution in [-0.4, -0.2) is 32.3 Å². The van der Waals surface area contributed by atoms with Gasteiger partial charge in [-0.1, -0.05) is 32.0 Å². The molecule has 1 amide bonds. The molecule has 0 fully saturated rings. The predicted octanol–water partition coefficient (Wildman–Crippen LogP) is 1.95. The number of aryl methyl sites for hydroxylation is 1. The molecule has 0 aliphatic carbocycles. The highest BCUT2D eigenvalue weighted by Crippen LogP contribution is 2.20. The van der Waals surface area contributed by atoms with Gasteiger partial charge in [0.25, 0.3) is 5.91 Å². The highest BCUT2D eigenvalue weighted by Gasteiger charge is 2.37. The molecule has 6 heteroatoms. The lowest BCUT2D eigenvalue weighted by atomic mass is 9.92. The number of nitrogens with one attached hydrogen (secondary N) is 1. The van der Waals surface area contributed by atoms with E-state index in [0.717, 1.165) is 5.52 Å². The zero-order chi connectivity index (χ0) is 15.6. The van der Waals surface area contributed by atoms with Gasteiger partial charge < -0.3 is 10.4 Å². The monoisotopic (exact) mass is 289 g/mol. The average molecular weight is 289 g/mol. The number of nitrogens with zero attached hydrogens (tertiary/aromatic N) is 2. The standard InChI is InChI=1S/C15H19N3O3/c1-4-15(5-2,14(20)21)16-13(19)12-10-8-6-7-9-11(10)18(3)17-12/h6-9H,4-5H2,1-3H3,(H,16,19)(H,20,21). The molecule has 0 aliphatic rings. The number of carboxylic acids is 1. The summed E-state index contributed by atoms with van der Waals surface area (Å²) in [6.45, 7) is 3.49. The summed E-state index contributed by atoms with van der Waals surface area (Å²) in [5, 5.41) is 17.0. The maximum Gasteiger partial charge on any atom is 0.329 e. The predicted molar refractivity (Wildman–Crippen MR) is 79.1 cm³/mol. The smallest absolute Gasteiger partial charge is 0.329 e. The van der Waals surface area contributed by atoms with E-state index in [9.17, 15) is 14.7 Å². The van der Waals surface area contributed by atoms with Gasteiger partial charge in [0, 0.05) is 12.4 Å². The van der Waals surface area contributed by atoms with Gasteiger partial charge in [-0.15, -0.1) is 0 Å². The fourth-order valence-corrected chi connectivity index (χ4v) is 2.44. The summed E-state index contributed by atoms with van der Waals surface area (Å²) in [4.78, 5) is 23.9. The third kappa shape index (κ3) is 2.49. The van der Waals surface area contributed by atoms with Crippen molar-refractivity contribution in [1.82, 2.24) is 15.1 Å². The van der Waals surface area contributed by atoms with E-state index < -0.39 is 17.4 Å². The van der Waals surface area contributed by atoms with Crippen molar-refractivity contribution in [1.29, 1.82) is 0 Å². The minimum absolute atomic E-state index is 0.251. The van der Waals surface area contributed by atoms with Crippen LogP contribution in [0.4, 0.5) is 0 Å². The Hall–Kier alpha value is -2.37. The van der Waals surface area contributed by atoms with E-state index in [1.807, 2.05) is 18.2 Å². The molecule has 0 bridgehead atoms. The van der Waals surface area contributed by atoms with E-state index in [2.05, 4.69) is 10.4 Å². The summed E-state index contributed by atoms with van der Waals surface area (Å²) in [5.74, 6) is -1.49. The van der Waals surface area contributed by atoms with E-state index in [0.29, 0.717) is 18.2 Å². The number of rotatable bonds is 5. The highest BCUT2D eigenvalue weighted by molar-refractivity contribution is 6.06. The zero-order valence-electron chi connectivity index (χ0n) is 12.4. The quantitative estimate of drug-likeness (QED) is 0.881. The number of aliphatic carboxylic acids is 1. The lowest BCUT2D eigenvalue weighted by Gasteiger charge is -2.27. The van der Waals surface area contributed by atoms with Crippen molar-refractivity contribution in [2.75, 3.05) is 0 Å². The Morgan fingerprint density at radius 3 is 2.48 bits per heavy atom. The number of hydrogen-bond donors (Lipinski definition) is 2. The fourth-order valence-electron chi connectivity index (χ4n) is 2.44. The second-order valence-electron chi connectivity index (χ2n) is 5.04. The molecule has 2 rings (SSSR count). The van der Waals surface area contributed by atoms with Crippen molar-refractivity contribution in [3.63, 3.8) is 0 Å². The summed E-state index contributed by atoms with van der Waals surface area (Å²) in [5.41, 5.74) is -0.174. The van der Waals surface area contributed by atoms with Gasteiger partial charge in [0.05, 0.1) is 5.52 Å². The number of carboxylic acid groups (broad SMARTS) is 1. The Labute approximate surface area is 122 Å². The molecule has 112 valence electrons. The van der Waals surface area contributed by atoms with E-state index in [4.69, 9.17) is 0 Å². The number of para-hydroxylation sites is 1. The summed E-state index contributed by atoms with van der Waals surface area (Å²) in [7, 11) is 1.75. The minimum atomic E-state index is -1.25. The van der Waals surface area contributed by atoms with Crippen LogP contribution in [0.25, 0.3) is 10.9 Å².